The highest BCUT2D eigenvalue weighted by atomic mass is 35.5. The third-order valence-corrected chi connectivity index (χ3v) is 11.3. The second-order valence-corrected chi connectivity index (χ2v) is 15.1. The molecule has 3 saturated heterocycles. The second-order valence-electron chi connectivity index (χ2n) is 14.3. The highest BCUT2D eigenvalue weighted by Gasteiger charge is 2.37. The number of ether oxygens (including phenoxy) is 6. The molecule has 1 N–H and O–H groups in total. The molecule has 3 atom stereocenters. The fourth-order valence-corrected chi connectivity index (χ4v) is 8.08. The van der Waals surface area contributed by atoms with Gasteiger partial charge in [0.1, 0.15) is 30.3 Å². The van der Waals surface area contributed by atoms with E-state index in [1.54, 1.807) is 43.5 Å². The molecule has 0 unspecified atom stereocenters. The average molecular weight is 827 g/mol. The lowest BCUT2D eigenvalue weighted by molar-refractivity contribution is -0.0336. The lowest BCUT2D eigenvalue weighted by Gasteiger charge is -2.43. The van der Waals surface area contributed by atoms with E-state index in [-0.39, 0.29) is 24.7 Å². The SMILES string of the molecule is COc1cc(COc2cccc([C@@H](NC(=O)O[C@H]3CN4CCC3CC4)c3ccccc3)c2)cc(C(=O)O[C@@H](Cc2c(Cl)cncc2Cl)c2ccc(OC)c(OC)c2)c1. The van der Waals surface area contributed by atoms with Gasteiger partial charge in [0.15, 0.2) is 11.5 Å². The highest BCUT2D eigenvalue weighted by Crippen LogP contribution is 2.36. The van der Waals surface area contributed by atoms with Crippen molar-refractivity contribution in [3.8, 4) is 23.0 Å². The largest absolute Gasteiger partial charge is 0.497 e. The van der Waals surface area contributed by atoms with Crippen molar-refractivity contribution in [1.82, 2.24) is 15.2 Å². The van der Waals surface area contributed by atoms with Crippen molar-refractivity contribution >= 4 is 35.3 Å². The zero-order valence-electron chi connectivity index (χ0n) is 32.5. The van der Waals surface area contributed by atoms with Crippen molar-refractivity contribution in [2.75, 3.05) is 41.0 Å². The monoisotopic (exact) mass is 825 g/mol. The zero-order valence-corrected chi connectivity index (χ0v) is 34.0. The van der Waals surface area contributed by atoms with Gasteiger partial charge in [-0.3, -0.25) is 9.88 Å². The van der Waals surface area contributed by atoms with Gasteiger partial charge in [-0.15, -0.1) is 0 Å². The van der Waals surface area contributed by atoms with E-state index in [4.69, 9.17) is 51.6 Å². The van der Waals surface area contributed by atoms with Crippen molar-refractivity contribution in [2.24, 2.45) is 5.92 Å². The Kier molecular flexibility index (Phi) is 13.2. The van der Waals surface area contributed by atoms with Gasteiger partial charge in [0.25, 0.3) is 0 Å². The second kappa shape index (κ2) is 18.8. The molecule has 0 saturated carbocycles. The van der Waals surface area contributed by atoms with E-state index in [1.807, 2.05) is 54.6 Å². The van der Waals surface area contributed by atoms with Crippen molar-refractivity contribution in [2.45, 2.75) is 44.1 Å². The van der Waals surface area contributed by atoms with E-state index in [0.29, 0.717) is 55.7 Å². The van der Waals surface area contributed by atoms with Crippen LogP contribution in [-0.4, -0.2) is 69.0 Å². The van der Waals surface area contributed by atoms with Crippen LogP contribution in [0.1, 0.15) is 63.2 Å². The molecule has 58 heavy (non-hydrogen) atoms. The van der Waals surface area contributed by atoms with Crippen LogP contribution < -0.4 is 24.3 Å². The topological polar surface area (TPSA) is 118 Å². The molecule has 3 aliphatic rings. The average Bonchev–Trinajstić information content (AvgIpc) is 3.26. The van der Waals surface area contributed by atoms with Gasteiger partial charge in [-0.1, -0.05) is 71.7 Å². The molecule has 0 aliphatic carbocycles. The molecule has 13 heteroatoms. The molecule has 8 rings (SSSR count). The van der Waals surface area contributed by atoms with Gasteiger partial charge in [0.2, 0.25) is 0 Å². The summed E-state index contributed by atoms with van der Waals surface area (Å²) in [6.45, 7) is 3.00. The number of rotatable bonds is 15. The number of amides is 1. The molecular formula is C45H45Cl2N3O8. The molecule has 2 bridgehead atoms. The molecule has 4 heterocycles. The molecule has 0 radical (unpaired) electrons. The minimum Gasteiger partial charge on any atom is -0.497 e. The summed E-state index contributed by atoms with van der Waals surface area (Å²) < 4.78 is 35.0. The number of nitrogens with zero attached hydrogens (tertiary/aromatic N) is 2. The number of halogens is 2. The molecule has 1 aromatic heterocycles. The minimum absolute atomic E-state index is 0.104. The van der Waals surface area contributed by atoms with Gasteiger partial charge in [-0.2, -0.15) is 0 Å². The number of nitrogens with one attached hydrogen (secondary N) is 1. The molecule has 0 spiro atoms. The Hall–Kier alpha value is -5.49. The standard InChI is InChI=1S/C45H45Cl2N3O8/c1-53-35-19-28(18-33(21-35)44(51)57-40(23-36-37(46)24-48-25-38(36)47)31-12-13-39(54-2)41(22-31)55-3)27-56-34-11-7-10-32(20-34)43(30-8-5-4-6-9-30)49-45(52)58-42-26-50-16-14-29(42)15-17-50/h4-13,18-22,24-25,29,40,42-43H,14-17,23,26-27H2,1-3H3,(H,49,52)/t40-,42-,43-/m0/s1. The molecule has 3 fully saturated rings. The predicted octanol–water partition coefficient (Wildman–Crippen LogP) is 9.04. The summed E-state index contributed by atoms with van der Waals surface area (Å²) in [5, 5.41) is 3.80. The summed E-state index contributed by atoms with van der Waals surface area (Å²) >= 11 is 13.0. The van der Waals surface area contributed by atoms with Crippen LogP contribution in [0, 0.1) is 5.92 Å². The molecule has 302 valence electrons. The summed E-state index contributed by atoms with van der Waals surface area (Å²) in [6, 6.07) is 27.2. The Morgan fingerprint density at radius 1 is 0.793 bits per heavy atom. The summed E-state index contributed by atoms with van der Waals surface area (Å²) in [5.74, 6) is 1.79. The molecule has 1 amide bonds. The number of carbonyl (C=O) groups excluding carboxylic acids is 2. The summed E-state index contributed by atoms with van der Waals surface area (Å²) in [6.07, 6.45) is 3.85. The van der Waals surface area contributed by atoms with Crippen LogP contribution in [0.4, 0.5) is 4.79 Å². The number of alkyl carbamates (subject to hydrolysis) is 1. The Morgan fingerprint density at radius 2 is 1.53 bits per heavy atom. The summed E-state index contributed by atoms with van der Waals surface area (Å²) in [7, 11) is 4.60. The number of aromatic nitrogens is 1. The van der Waals surface area contributed by atoms with Crippen LogP contribution in [0.2, 0.25) is 10.0 Å². The van der Waals surface area contributed by atoms with Crippen LogP contribution in [0.15, 0.2) is 103 Å². The number of benzene rings is 4. The maximum Gasteiger partial charge on any atom is 0.408 e. The Bertz CT molecular complexity index is 2200. The van der Waals surface area contributed by atoms with Crippen LogP contribution in [0.5, 0.6) is 23.0 Å². The van der Waals surface area contributed by atoms with Gasteiger partial charge in [0, 0.05) is 25.4 Å². The van der Waals surface area contributed by atoms with E-state index in [2.05, 4.69) is 15.2 Å². The molecule has 5 aromatic rings. The number of esters is 1. The van der Waals surface area contributed by atoms with Crippen molar-refractivity contribution in [3.05, 3.63) is 147 Å². The lowest BCUT2D eigenvalue weighted by Crippen LogP contribution is -2.52. The molecular weight excluding hydrogens is 781 g/mol. The van der Waals surface area contributed by atoms with Crippen LogP contribution in [0.25, 0.3) is 0 Å². The van der Waals surface area contributed by atoms with Crippen molar-refractivity contribution in [3.63, 3.8) is 0 Å². The number of hydrogen-bond donors (Lipinski definition) is 1. The van der Waals surface area contributed by atoms with Gasteiger partial charge in [-0.05, 0) is 102 Å². The van der Waals surface area contributed by atoms with Gasteiger partial charge >= 0.3 is 12.1 Å². The zero-order chi connectivity index (χ0) is 40.6. The van der Waals surface area contributed by atoms with Crippen LogP contribution in [0.3, 0.4) is 0 Å². The van der Waals surface area contributed by atoms with E-state index < -0.39 is 24.2 Å². The Balaban J connectivity index is 1.09. The van der Waals surface area contributed by atoms with Gasteiger partial charge in [-0.25, -0.2) is 9.59 Å². The summed E-state index contributed by atoms with van der Waals surface area (Å²) in [4.78, 5) is 33.7. The number of piperidine rings is 3. The van der Waals surface area contributed by atoms with E-state index in [0.717, 1.165) is 43.6 Å². The fourth-order valence-electron chi connectivity index (χ4n) is 7.56. The third-order valence-electron chi connectivity index (χ3n) is 10.7. The first-order valence-corrected chi connectivity index (χ1v) is 19.8. The van der Waals surface area contributed by atoms with Crippen molar-refractivity contribution < 1.29 is 38.0 Å². The van der Waals surface area contributed by atoms with Crippen molar-refractivity contribution in [1.29, 1.82) is 0 Å². The Morgan fingerprint density at radius 3 is 2.22 bits per heavy atom. The van der Waals surface area contributed by atoms with Gasteiger partial charge < -0.3 is 33.7 Å². The molecule has 4 aromatic carbocycles. The number of carbonyl (C=O) groups is 2. The first-order valence-electron chi connectivity index (χ1n) is 19.1. The maximum absolute atomic E-state index is 14.0. The first kappa shape index (κ1) is 40.7. The predicted molar refractivity (Wildman–Crippen MR) is 220 cm³/mol. The smallest absolute Gasteiger partial charge is 0.408 e. The van der Waals surface area contributed by atoms with Gasteiger partial charge in [0.05, 0.1) is 43.0 Å². The number of methoxy groups -OCH3 is 3. The Labute approximate surface area is 348 Å². The minimum atomic E-state index is -0.822. The van der Waals surface area contributed by atoms with E-state index in [9.17, 15) is 9.59 Å². The number of fused-ring (bicyclic) bond motifs is 3. The number of pyridine rings is 1. The van der Waals surface area contributed by atoms with Crippen LogP contribution >= 0.6 is 23.2 Å². The summed E-state index contributed by atoms with van der Waals surface area (Å²) in [5.41, 5.74) is 3.85. The molecule has 11 nitrogen and oxygen atoms in total. The van der Waals surface area contributed by atoms with E-state index >= 15 is 0 Å². The third kappa shape index (κ3) is 9.78. The maximum atomic E-state index is 14.0. The molecule has 3 aliphatic heterocycles. The quantitative estimate of drug-likeness (QED) is 0.103. The fraction of sp³-hybridized carbons (Fsp3) is 0.311. The highest BCUT2D eigenvalue weighted by molar-refractivity contribution is 6.35. The normalized spacial score (nSPS) is 18.1. The lowest BCUT2D eigenvalue weighted by atomic mass is 9.86. The van der Waals surface area contributed by atoms with E-state index in [1.165, 1.54) is 26.6 Å². The first-order chi connectivity index (χ1) is 28.2. The number of hydrogen-bond acceptors (Lipinski definition) is 10. The van der Waals surface area contributed by atoms with Crippen LogP contribution in [-0.2, 0) is 22.5 Å².